The van der Waals surface area contributed by atoms with Crippen LogP contribution in [0.3, 0.4) is 0 Å². The maximum atomic E-state index is 12.3. The highest BCUT2D eigenvalue weighted by molar-refractivity contribution is 5.79. The standard InChI is InChI=1S/C17H22N2O2/c1-11-6-8-14(9-7-11)10-15(20)18-17(4,5)16-12(2)19-21-13(16)3/h6-9H,10H2,1-5H3,(H,18,20). The van der Waals surface area contributed by atoms with E-state index in [1.807, 2.05) is 58.9 Å². The van der Waals surface area contributed by atoms with E-state index in [-0.39, 0.29) is 5.91 Å². The van der Waals surface area contributed by atoms with E-state index in [2.05, 4.69) is 10.5 Å². The molecule has 1 aromatic carbocycles. The number of aromatic nitrogens is 1. The number of benzene rings is 1. The molecule has 4 heteroatoms. The lowest BCUT2D eigenvalue weighted by atomic mass is 9.92. The van der Waals surface area contributed by atoms with E-state index in [0.29, 0.717) is 6.42 Å². The number of nitrogens with zero attached hydrogens (tertiary/aromatic N) is 1. The lowest BCUT2D eigenvalue weighted by Gasteiger charge is -2.26. The molecule has 0 aliphatic carbocycles. The Morgan fingerprint density at radius 3 is 2.33 bits per heavy atom. The first-order valence-corrected chi connectivity index (χ1v) is 7.09. The fourth-order valence-corrected chi connectivity index (χ4v) is 2.72. The van der Waals surface area contributed by atoms with Gasteiger partial charge in [0.15, 0.2) is 0 Å². The molecule has 0 unspecified atom stereocenters. The van der Waals surface area contributed by atoms with Crippen molar-refractivity contribution in [2.75, 3.05) is 0 Å². The van der Waals surface area contributed by atoms with Gasteiger partial charge in [-0.25, -0.2) is 0 Å². The number of amides is 1. The molecule has 4 nitrogen and oxygen atoms in total. The quantitative estimate of drug-likeness (QED) is 0.939. The summed E-state index contributed by atoms with van der Waals surface area (Å²) in [5, 5.41) is 7.02. The first-order valence-electron chi connectivity index (χ1n) is 7.09. The molecule has 1 amide bonds. The largest absolute Gasteiger partial charge is 0.361 e. The van der Waals surface area contributed by atoms with E-state index in [9.17, 15) is 4.79 Å². The SMILES string of the molecule is Cc1ccc(CC(=O)NC(C)(C)c2c(C)noc2C)cc1. The third-order valence-corrected chi connectivity index (χ3v) is 3.60. The smallest absolute Gasteiger partial charge is 0.225 e. The number of aryl methyl sites for hydroxylation is 3. The predicted molar refractivity (Wildman–Crippen MR) is 82.0 cm³/mol. The van der Waals surface area contributed by atoms with Gasteiger partial charge in [-0.2, -0.15) is 0 Å². The van der Waals surface area contributed by atoms with Gasteiger partial charge in [-0.3, -0.25) is 4.79 Å². The summed E-state index contributed by atoms with van der Waals surface area (Å²) in [4.78, 5) is 12.3. The summed E-state index contributed by atoms with van der Waals surface area (Å²) in [6.07, 6.45) is 0.368. The van der Waals surface area contributed by atoms with Crippen LogP contribution < -0.4 is 5.32 Å². The summed E-state index contributed by atoms with van der Waals surface area (Å²) < 4.78 is 5.19. The molecule has 1 aromatic heterocycles. The van der Waals surface area contributed by atoms with Crippen LogP contribution in [0.1, 0.15) is 42.0 Å². The lowest BCUT2D eigenvalue weighted by molar-refractivity contribution is -0.122. The highest BCUT2D eigenvalue weighted by atomic mass is 16.5. The molecule has 1 N–H and O–H groups in total. The zero-order valence-electron chi connectivity index (χ0n) is 13.3. The van der Waals surface area contributed by atoms with Gasteiger partial charge < -0.3 is 9.84 Å². The maximum Gasteiger partial charge on any atom is 0.225 e. The lowest BCUT2D eigenvalue weighted by Crippen LogP contribution is -2.42. The first kappa shape index (κ1) is 15.3. The van der Waals surface area contributed by atoms with Crippen molar-refractivity contribution in [3.8, 4) is 0 Å². The molecule has 0 aliphatic rings. The topological polar surface area (TPSA) is 55.1 Å². The van der Waals surface area contributed by atoms with Crippen molar-refractivity contribution in [1.82, 2.24) is 10.5 Å². The van der Waals surface area contributed by atoms with Crippen LogP contribution in [-0.4, -0.2) is 11.1 Å². The number of carbonyl (C=O) groups excluding carboxylic acids is 1. The minimum Gasteiger partial charge on any atom is -0.361 e. The normalized spacial score (nSPS) is 11.5. The van der Waals surface area contributed by atoms with Gasteiger partial charge >= 0.3 is 0 Å². The van der Waals surface area contributed by atoms with Gasteiger partial charge in [0, 0.05) is 5.56 Å². The van der Waals surface area contributed by atoms with Gasteiger partial charge in [0.1, 0.15) is 5.76 Å². The molecule has 0 atom stereocenters. The minimum atomic E-state index is -0.504. The molecule has 0 radical (unpaired) electrons. The molecule has 21 heavy (non-hydrogen) atoms. The molecular formula is C17H22N2O2. The summed E-state index contributed by atoms with van der Waals surface area (Å²) in [6, 6.07) is 8.00. The summed E-state index contributed by atoms with van der Waals surface area (Å²) in [5.41, 5.74) is 3.45. The third-order valence-electron chi connectivity index (χ3n) is 3.60. The first-order chi connectivity index (χ1) is 9.79. The van der Waals surface area contributed by atoms with E-state index < -0.39 is 5.54 Å². The second-order valence-electron chi connectivity index (χ2n) is 6.03. The fourth-order valence-electron chi connectivity index (χ4n) is 2.72. The molecular weight excluding hydrogens is 264 g/mol. The highest BCUT2D eigenvalue weighted by Gasteiger charge is 2.29. The van der Waals surface area contributed by atoms with E-state index in [0.717, 1.165) is 22.6 Å². The van der Waals surface area contributed by atoms with Crippen LogP contribution in [-0.2, 0) is 16.8 Å². The Kier molecular flexibility index (Phi) is 4.16. The summed E-state index contributed by atoms with van der Waals surface area (Å²) in [6.45, 7) is 9.71. The Hall–Kier alpha value is -2.10. The maximum absolute atomic E-state index is 12.3. The van der Waals surface area contributed by atoms with Crippen LogP contribution in [0.4, 0.5) is 0 Å². The molecule has 0 aliphatic heterocycles. The Bertz CT molecular complexity index is 620. The Morgan fingerprint density at radius 1 is 1.19 bits per heavy atom. The monoisotopic (exact) mass is 286 g/mol. The van der Waals surface area contributed by atoms with Crippen molar-refractivity contribution in [3.05, 3.63) is 52.4 Å². The van der Waals surface area contributed by atoms with Crippen molar-refractivity contribution in [2.24, 2.45) is 0 Å². The van der Waals surface area contributed by atoms with Gasteiger partial charge in [-0.1, -0.05) is 35.0 Å². The molecule has 1 heterocycles. The van der Waals surface area contributed by atoms with Crippen molar-refractivity contribution in [2.45, 2.75) is 46.6 Å². The van der Waals surface area contributed by atoms with Crippen molar-refractivity contribution < 1.29 is 9.32 Å². The van der Waals surface area contributed by atoms with Gasteiger partial charge in [0.2, 0.25) is 5.91 Å². The molecule has 2 aromatic rings. The third kappa shape index (κ3) is 3.51. The van der Waals surface area contributed by atoms with Crippen molar-refractivity contribution in [1.29, 1.82) is 0 Å². The minimum absolute atomic E-state index is 0.0103. The highest BCUT2D eigenvalue weighted by Crippen LogP contribution is 2.26. The van der Waals surface area contributed by atoms with Crippen LogP contribution in [0.15, 0.2) is 28.8 Å². The average Bonchev–Trinajstić information content (AvgIpc) is 2.71. The van der Waals surface area contributed by atoms with Gasteiger partial charge in [-0.05, 0) is 40.2 Å². The molecule has 0 saturated heterocycles. The van der Waals surface area contributed by atoms with E-state index in [1.54, 1.807) is 0 Å². The van der Waals surface area contributed by atoms with Crippen LogP contribution in [0.25, 0.3) is 0 Å². The number of nitrogens with one attached hydrogen (secondary N) is 1. The van der Waals surface area contributed by atoms with E-state index >= 15 is 0 Å². The Balaban J connectivity index is 2.09. The zero-order valence-corrected chi connectivity index (χ0v) is 13.3. The number of rotatable bonds is 4. The Morgan fingerprint density at radius 2 is 1.81 bits per heavy atom. The summed E-state index contributed by atoms with van der Waals surface area (Å²) in [7, 11) is 0. The molecule has 112 valence electrons. The molecule has 2 rings (SSSR count). The van der Waals surface area contributed by atoms with Crippen LogP contribution in [0.5, 0.6) is 0 Å². The van der Waals surface area contributed by atoms with Gasteiger partial charge in [-0.15, -0.1) is 0 Å². The van der Waals surface area contributed by atoms with E-state index in [1.165, 1.54) is 5.56 Å². The summed E-state index contributed by atoms with van der Waals surface area (Å²) in [5.74, 6) is 0.733. The fraction of sp³-hybridized carbons (Fsp3) is 0.412. The van der Waals surface area contributed by atoms with Crippen LogP contribution in [0, 0.1) is 20.8 Å². The predicted octanol–water partition coefficient (Wildman–Crippen LogP) is 3.19. The average molecular weight is 286 g/mol. The number of carbonyl (C=O) groups is 1. The van der Waals surface area contributed by atoms with Crippen molar-refractivity contribution in [3.63, 3.8) is 0 Å². The molecule has 0 saturated carbocycles. The summed E-state index contributed by atoms with van der Waals surface area (Å²) >= 11 is 0. The second kappa shape index (κ2) is 5.72. The second-order valence-corrected chi connectivity index (χ2v) is 6.03. The van der Waals surface area contributed by atoms with Crippen molar-refractivity contribution >= 4 is 5.91 Å². The van der Waals surface area contributed by atoms with Gasteiger partial charge in [0.25, 0.3) is 0 Å². The Labute approximate surface area is 125 Å². The van der Waals surface area contributed by atoms with Crippen LogP contribution >= 0.6 is 0 Å². The van der Waals surface area contributed by atoms with Gasteiger partial charge in [0.05, 0.1) is 17.7 Å². The number of hydrogen-bond donors (Lipinski definition) is 1. The van der Waals surface area contributed by atoms with E-state index in [4.69, 9.17) is 4.52 Å². The number of hydrogen-bond acceptors (Lipinski definition) is 3. The molecule has 0 fully saturated rings. The van der Waals surface area contributed by atoms with Crippen LogP contribution in [0.2, 0.25) is 0 Å². The molecule has 0 spiro atoms. The molecule has 0 bridgehead atoms. The zero-order chi connectivity index (χ0) is 15.6.